The number of sulfonamides is 1. The van der Waals surface area contributed by atoms with Crippen molar-refractivity contribution in [3.05, 3.63) is 60.0 Å². The standard InChI is InChI=1S/C21H22N6O4S2/c1-33(30,31)25-16-9-7-15(8-10-16)17(28)14-32-21-24-23-19(13-26-12-4-6-20(26)29)27(21)18-5-2-3-11-22-18/h2-3,5,7-11,25H,4,6,12-14H2,1H3. The van der Waals surface area contributed by atoms with Gasteiger partial charge in [-0.05, 0) is 42.8 Å². The minimum Gasteiger partial charge on any atom is -0.335 e. The maximum Gasteiger partial charge on any atom is 0.229 e. The molecule has 0 atom stereocenters. The first-order chi connectivity index (χ1) is 15.8. The van der Waals surface area contributed by atoms with Crippen molar-refractivity contribution in [2.45, 2.75) is 24.5 Å². The Bertz CT molecular complexity index is 1260. The number of aromatic nitrogens is 4. The monoisotopic (exact) mass is 486 g/mol. The van der Waals surface area contributed by atoms with Gasteiger partial charge in [0, 0.05) is 30.4 Å². The normalized spacial score (nSPS) is 14.0. The Hall–Kier alpha value is -3.25. The highest BCUT2D eigenvalue weighted by atomic mass is 32.2. The first-order valence-corrected chi connectivity index (χ1v) is 13.1. The lowest BCUT2D eigenvalue weighted by molar-refractivity contribution is -0.128. The average Bonchev–Trinajstić information content (AvgIpc) is 3.38. The molecule has 3 aromatic rings. The molecule has 33 heavy (non-hydrogen) atoms. The van der Waals surface area contributed by atoms with Crippen LogP contribution >= 0.6 is 11.8 Å². The number of ketones is 1. The molecule has 0 unspecified atom stereocenters. The minimum atomic E-state index is -3.39. The summed E-state index contributed by atoms with van der Waals surface area (Å²) in [6, 6.07) is 11.7. The van der Waals surface area contributed by atoms with Crippen LogP contribution in [0, 0.1) is 0 Å². The van der Waals surface area contributed by atoms with Crippen LogP contribution in [0.1, 0.15) is 29.0 Å². The molecule has 0 saturated carbocycles. The van der Waals surface area contributed by atoms with Crippen LogP contribution in [0.2, 0.25) is 0 Å². The number of carbonyl (C=O) groups is 2. The molecule has 2 aromatic heterocycles. The first kappa shape index (κ1) is 22.9. The largest absolute Gasteiger partial charge is 0.335 e. The van der Waals surface area contributed by atoms with E-state index in [0.717, 1.165) is 12.7 Å². The highest BCUT2D eigenvalue weighted by molar-refractivity contribution is 7.99. The molecule has 0 radical (unpaired) electrons. The van der Waals surface area contributed by atoms with Crippen LogP contribution in [0.15, 0.2) is 53.8 Å². The summed E-state index contributed by atoms with van der Waals surface area (Å²) in [6.45, 7) is 1.00. The second-order valence-electron chi connectivity index (χ2n) is 7.50. The van der Waals surface area contributed by atoms with Crippen LogP contribution in [0.4, 0.5) is 5.69 Å². The van der Waals surface area contributed by atoms with Crippen molar-refractivity contribution >= 4 is 39.2 Å². The molecule has 0 bridgehead atoms. The van der Waals surface area contributed by atoms with Gasteiger partial charge in [0.25, 0.3) is 0 Å². The number of pyridine rings is 1. The summed E-state index contributed by atoms with van der Waals surface area (Å²) in [6.07, 6.45) is 4.08. The summed E-state index contributed by atoms with van der Waals surface area (Å²) in [5, 5.41) is 9.02. The van der Waals surface area contributed by atoms with E-state index < -0.39 is 10.0 Å². The Labute approximate surface area is 195 Å². The van der Waals surface area contributed by atoms with Crippen molar-refractivity contribution in [3.63, 3.8) is 0 Å². The summed E-state index contributed by atoms with van der Waals surface area (Å²) in [7, 11) is -3.39. The number of thioether (sulfide) groups is 1. The van der Waals surface area contributed by atoms with Gasteiger partial charge < -0.3 is 4.90 Å². The molecule has 10 nitrogen and oxygen atoms in total. The molecule has 0 spiro atoms. The van der Waals surface area contributed by atoms with Crippen LogP contribution in [0.5, 0.6) is 0 Å². The fraction of sp³-hybridized carbons (Fsp3) is 0.286. The fourth-order valence-corrected chi connectivity index (χ4v) is 4.82. The zero-order chi connectivity index (χ0) is 23.4. The van der Waals surface area contributed by atoms with Gasteiger partial charge in [-0.25, -0.2) is 13.4 Å². The zero-order valence-electron chi connectivity index (χ0n) is 17.8. The maximum absolute atomic E-state index is 12.7. The van der Waals surface area contributed by atoms with E-state index in [-0.39, 0.29) is 17.4 Å². The highest BCUT2D eigenvalue weighted by Crippen LogP contribution is 2.24. The van der Waals surface area contributed by atoms with Crippen LogP contribution in [-0.4, -0.2) is 63.3 Å². The van der Waals surface area contributed by atoms with Crippen LogP contribution in [-0.2, 0) is 21.4 Å². The number of amides is 1. The third-order valence-corrected chi connectivity index (χ3v) is 6.46. The molecular weight excluding hydrogens is 464 g/mol. The number of benzene rings is 1. The molecule has 12 heteroatoms. The molecule has 1 saturated heterocycles. The molecule has 1 fully saturated rings. The second kappa shape index (κ2) is 9.71. The second-order valence-corrected chi connectivity index (χ2v) is 10.2. The molecule has 1 aliphatic rings. The number of Topliss-reactive ketones (excluding diaryl/α,β-unsaturated/α-hetero) is 1. The van der Waals surface area contributed by atoms with E-state index in [9.17, 15) is 18.0 Å². The van der Waals surface area contributed by atoms with E-state index in [1.54, 1.807) is 46.0 Å². The molecule has 4 rings (SSSR count). The van der Waals surface area contributed by atoms with E-state index in [1.807, 2.05) is 12.1 Å². The van der Waals surface area contributed by atoms with Gasteiger partial charge in [0.15, 0.2) is 16.8 Å². The lowest BCUT2D eigenvalue weighted by Crippen LogP contribution is -2.25. The Morgan fingerprint density at radius 1 is 1.15 bits per heavy atom. The molecule has 1 aliphatic heterocycles. The number of carbonyl (C=O) groups excluding carboxylic acids is 2. The van der Waals surface area contributed by atoms with Crippen molar-refractivity contribution in [1.29, 1.82) is 0 Å². The number of nitrogens with one attached hydrogen (secondary N) is 1. The first-order valence-electron chi connectivity index (χ1n) is 10.2. The molecule has 1 aromatic carbocycles. The van der Waals surface area contributed by atoms with Crippen molar-refractivity contribution in [2.75, 3.05) is 23.3 Å². The van der Waals surface area contributed by atoms with Crippen LogP contribution < -0.4 is 4.72 Å². The SMILES string of the molecule is CS(=O)(=O)Nc1ccc(C(=O)CSc2nnc(CN3CCCC3=O)n2-c2ccccn2)cc1. The molecule has 172 valence electrons. The van der Waals surface area contributed by atoms with E-state index in [1.165, 1.54) is 11.8 Å². The molecular formula is C21H22N6O4S2. The number of nitrogens with zero attached hydrogens (tertiary/aromatic N) is 5. The number of rotatable bonds is 9. The van der Waals surface area contributed by atoms with E-state index >= 15 is 0 Å². The number of hydrogen-bond acceptors (Lipinski definition) is 8. The van der Waals surface area contributed by atoms with Crippen LogP contribution in [0.3, 0.4) is 0 Å². The number of anilines is 1. The molecule has 1 N–H and O–H groups in total. The summed E-state index contributed by atoms with van der Waals surface area (Å²) < 4.78 is 26.8. The van der Waals surface area contributed by atoms with Crippen molar-refractivity contribution in [2.24, 2.45) is 0 Å². The quantitative estimate of drug-likeness (QED) is 0.360. The van der Waals surface area contributed by atoms with Gasteiger partial charge >= 0.3 is 0 Å². The Morgan fingerprint density at radius 3 is 2.58 bits per heavy atom. The van der Waals surface area contributed by atoms with Gasteiger partial charge in [-0.3, -0.25) is 18.9 Å². The summed E-state index contributed by atoms with van der Waals surface area (Å²) in [5.74, 6) is 1.24. The van der Waals surface area contributed by atoms with Crippen molar-refractivity contribution < 1.29 is 18.0 Å². The van der Waals surface area contributed by atoms with Gasteiger partial charge in [0.1, 0.15) is 5.82 Å². The molecule has 3 heterocycles. The Kier molecular flexibility index (Phi) is 6.75. The molecule has 1 amide bonds. The van der Waals surface area contributed by atoms with Crippen molar-refractivity contribution in [3.8, 4) is 5.82 Å². The van der Waals surface area contributed by atoms with E-state index in [0.29, 0.717) is 47.6 Å². The van der Waals surface area contributed by atoms with Gasteiger partial charge in [-0.1, -0.05) is 17.8 Å². The van der Waals surface area contributed by atoms with Gasteiger partial charge in [-0.15, -0.1) is 10.2 Å². The van der Waals surface area contributed by atoms with Gasteiger partial charge in [0.2, 0.25) is 15.9 Å². The summed E-state index contributed by atoms with van der Waals surface area (Å²) in [5.41, 5.74) is 0.839. The summed E-state index contributed by atoms with van der Waals surface area (Å²) in [4.78, 5) is 30.9. The van der Waals surface area contributed by atoms with E-state index in [4.69, 9.17) is 0 Å². The third-order valence-electron chi connectivity index (χ3n) is 4.92. The minimum absolute atomic E-state index is 0.0868. The van der Waals surface area contributed by atoms with Crippen molar-refractivity contribution in [1.82, 2.24) is 24.6 Å². The smallest absolute Gasteiger partial charge is 0.229 e. The number of hydrogen-bond donors (Lipinski definition) is 1. The topological polar surface area (TPSA) is 127 Å². The zero-order valence-corrected chi connectivity index (χ0v) is 19.5. The highest BCUT2D eigenvalue weighted by Gasteiger charge is 2.24. The van der Waals surface area contributed by atoms with Crippen LogP contribution in [0.25, 0.3) is 5.82 Å². The predicted octanol–water partition coefficient (Wildman–Crippen LogP) is 2.13. The Balaban J connectivity index is 1.50. The predicted molar refractivity (Wildman–Crippen MR) is 124 cm³/mol. The fourth-order valence-electron chi connectivity index (χ4n) is 3.41. The lowest BCUT2D eigenvalue weighted by Gasteiger charge is -2.16. The van der Waals surface area contributed by atoms with Gasteiger partial charge in [-0.2, -0.15) is 0 Å². The molecule has 0 aliphatic carbocycles. The van der Waals surface area contributed by atoms with E-state index in [2.05, 4.69) is 19.9 Å². The Morgan fingerprint density at radius 2 is 1.94 bits per heavy atom. The average molecular weight is 487 g/mol. The maximum atomic E-state index is 12.7. The third kappa shape index (κ3) is 5.76. The van der Waals surface area contributed by atoms with Gasteiger partial charge in [0.05, 0.1) is 18.6 Å². The number of likely N-dealkylation sites (tertiary alicyclic amines) is 1. The lowest BCUT2D eigenvalue weighted by atomic mass is 10.1. The summed E-state index contributed by atoms with van der Waals surface area (Å²) >= 11 is 1.22.